The number of sulfonamides is 1. The Bertz CT molecular complexity index is 557. The molecule has 0 aromatic carbocycles. The van der Waals surface area contributed by atoms with Crippen LogP contribution in [0.1, 0.15) is 26.2 Å². The molecule has 0 aliphatic heterocycles. The summed E-state index contributed by atoms with van der Waals surface area (Å²) in [5, 5.41) is 0. The molecule has 1 saturated carbocycles. The van der Waals surface area contributed by atoms with Gasteiger partial charge in [0.15, 0.2) is 5.82 Å². The quantitative estimate of drug-likeness (QED) is 0.570. The standard InChI is InChI=1S/C10H15BrN4O2S/c1-10(3-2-4-10)15-18(16,17)8-5-7(11)6-13-9(8)14-12/h5-6,15H,2-4,12H2,1H3,(H,13,14). The molecule has 0 atom stereocenters. The van der Waals surface area contributed by atoms with Crippen LogP contribution in [0.25, 0.3) is 0 Å². The largest absolute Gasteiger partial charge is 0.307 e. The van der Waals surface area contributed by atoms with E-state index >= 15 is 0 Å². The summed E-state index contributed by atoms with van der Waals surface area (Å²) >= 11 is 3.21. The van der Waals surface area contributed by atoms with Gasteiger partial charge >= 0.3 is 0 Å². The Kier molecular flexibility index (Phi) is 3.63. The Morgan fingerprint density at radius 1 is 1.50 bits per heavy atom. The Morgan fingerprint density at radius 3 is 2.67 bits per heavy atom. The molecular weight excluding hydrogens is 320 g/mol. The summed E-state index contributed by atoms with van der Waals surface area (Å²) in [6.45, 7) is 1.90. The average molecular weight is 335 g/mol. The van der Waals surface area contributed by atoms with Gasteiger partial charge in [-0.1, -0.05) is 0 Å². The predicted molar refractivity (Wildman–Crippen MR) is 72.3 cm³/mol. The van der Waals surface area contributed by atoms with Crippen molar-refractivity contribution in [2.75, 3.05) is 5.43 Å². The fraction of sp³-hybridized carbons (Fsp3) is 0.500. The molecule has 2 rings (SSSR count). The highest BCUT2D eigenvalue weighted by Crippen LogP contribution is 2.33. The Balaban J connectivity index is 2.37. The zero-order valence-corrected chi connectivity index (χ0v) is 12.3. The van der Waals surface area contributed by atoms with Crippen LogP contribution in [0.15, 0.2) is 21.6 Å². The third-order valence-corrected chi connectivity index (χ3v) is 5.17. The van der Waals surface area contributed by atoms with Gasteiger partial charge in [-0.2, -0.15) is 0 Å². The molecule has 1 aromatic heterocycles. The summed E-state index contributed by atoms with van der Waals surface area (Å²) in [6, 6.07) is 1.48. The van der Waals surface area contributed by atoms with E-state index in [4.69, 9.17) is 5.84 Å². The molecule has 4 N–H and O–H groups in total. The number of rotatable bonds is 4. The van der Waals surface area contributed by atoms with Crippen LogP contribution in [0.5, 0.6) is 0 Å². The SMILES string of the molecule is CC1(NS(=O)(=O)c2cc(Br)cnc2NN)CCC1. The Hall–Kier alpha value is -0.700. The number of hydrazine groups is 1. The monoisotopic (exact) mass is 334 g/mol. The van der Waals surface area contributed by atoms with Crippen molar-refractivity contribution in [3.05, 3.63) is 16.7 Å². The molecule has 0 amide bonds. The minimum Gasteiger partial charge on any atom is -0.307 e. The van der Waals surface area contributed by atoms with Crippen molar-refractivity contribution in [3.63, 3.8) is 0 Å². The second-order valence-corrected chi connectivity index (χ2v) is 7.23. The molecule has 8 heteroatoms. The van der Waals surface area contributed by atoms with Crippen LogP contribution in [-0.2, 0) is 10.0 Å². The van der Waals surface area contributed by atoms with Gasteiger partial charge < -0.3 is 5.43 Å². The van der Waals surface area contributed by atoms with Crippen LogP contribution in [-0.4, -0.2) is 18.9 Å². The highest BCUT2D eigenvalue weighted by atomic mass is 79.9. The number of hydrogen-bond donors (Lipinski definition) is 3. The maximum atomic E-state index is 12.3. The average Bonchev–Trinajstić information content (AvgIpc) is 2.26. The smallest absolute Gasteiger partial charge is 0.244 e. The summed E-state index contributed by atoms with van der Waals surface area (Å²) in [5.41, 5.74) is 1.95. The van der Waals surface area contributed by atoms with Crippen molar-refractivity contribution < 1.29 is 8.42 Å². The second-order valence-electron chi connectivity index (χ2n) is 4.66. The lowest BCUT2D eigenvalue weighted by Crippen LogP contribution is -2.50. The fourth-order valence-corrected chi connectivity index (χ4v) is 4.02. The van der Waals surface area contributed by atoms with Gasteiger partial charge in [0.1, 0.15) is 4.90 Å². The maximum absolute atomic E-state index is 12.3. The molecule has 0 spiro atoms. The summed E-state index contributed by atoms with van der Waals surface area (Å²) in [6.07, 6.45) is 4.22. The molecule has 1 heterocycles. The van der Waals surface area contributed by atoms with Crippen LogP contribution < -0.4 is 16.0 Å². The van der Waals surface area contributed by atoms with E-state index < -0.39 is 10.0 Å². The van der Waals surface area contributed by atoms with E-state index in [0.717, 1.165) is 19.3 Å². The van der Waals surface area contributed by atoms with Crippen LogP contribution >= 0.6 is 15.9 Å². The normalized spacial score (nSPS) is 18.2. The molecule has 18 heavy (non-hydrogen) atoms. The molecule has 100 valence electrons. The number of halogens is 1. The van der Waals surface area contributed by atoms with Gasteiger partial charge in [-0.15, -0.1) is 0 Å². The van der Waals surface area contributed by atoms with Gasteiger partial charge in [-0.05, 0) is 48.2 Å². The fourth-order valence-electron chi connectivity index (χ4n) is 1.92. The molecule has 0 radical (unpaired) electrons. The number of anilines is 1. The van der Waals surface area contributed by atoms with E-state index in [2.05, 4.69) is 31.1 Å². The molecule has 1 fully saturated rings. The van der Waals surface area contributed by atoms with Crippen molar-refractivity contribution in [1.29, 1.82) is 0 Å². The zero-order valence-electron chi connectivity index (χ0n) is 9.90. The molecule has 0 bridgehead atoms. The number of hydrogen-bond acceptors (Lipinski definition) is 5. The van der Waals surface area contributed by atoms with Crippen molar-refractivity contribution in [2.45, 2.75) is 36.6 Å². The van der Waals surface area contributed by atoms with Crippen molar-refractivity contribution in [1.82, 2.24) is 9.71 Å². The van der Waals surface area contributed by atoms with Crippen molar-refractivity contribution >= 4 is 31.8 Å². The Morgan fingerprint density at radius 2 is 2.17 bits per heavy atom. The van der Waals surface area contributed by atoms with Gasteiger partial charge in [-0.3, -0.25) is 0 Å². The summed E-state index contributed by atoms with van der Waals surface area (Å²) in [4.78, 5) is 3.98. The van der Waals surface area contributed by atoms with E-state index in [0.29, 0.717) is 4.47 Å². The second kappa shape index (κ2) is 4.76. The van der Waals surface area contributed by atoms with Gasteiger partial charge in [0, 0.05) is 16.2 Å². The molecule has 1 aromatic rings. The molecule has 1 aliphatic rings. The third-order valence-electron chi connectivity index (χ3n) is 3.08. The first-order valence-corrected chi connectivity index (χ1v) is 7.80. The number of nitrogens with two attached hydrogens (primary N) is 1. The summed E-state index contributed by atoms with van der Waals surface area (Å²) in [5.74, 6) is 5.42. The topological polar surface area (TPSA) is 97.1 Å². The van der Waals surface area contributed by atoms with Crippen LogP contribution in [0.4, 0.5) is 5.82 Å². The molecule has 1 aliphatic carbocycles. The third kappa shape index (κ3) is 2.66. The summed E-state index contributed by atoms with van der Waals surface area (Å²) < 4.78 is 27.9. The van der Waals surface area contributed by atoms with E-state index in [9.17, 15) is 8.42 Å². The van der Waals surface area contributed by atoms with Gasteiger partial charge in [0.2, 0.25) is 10.0 Å². The van der Waals surface area contributed by atoms with Crippen molar-refractivity contribution in [3.8, 4) is 0 Å². The number of nitrogens with one attached hydrogen (secondary N) is 2. The van der Waals surface area contributed by atoms with E-state index in [1.807, 2.05) is 6.92 Å². The van der Waals surface area contributed by atoms with Crippen LogP contribution in [0.3, 0.4) is 0 Å². The summed E-state index contributed by atoms with van der Waals surface area (Å²) in [7, 11) is -3.63. The minimum atomic E-state index is -3.63. The Labute approximate surface area is 115 Å². The van der Waals surface area contributed by atoms with Crippen molar-refractivity contribution in [2.24, 2.45) is 5.84 Å². The molecule has 0 unspecified atom stereocenters. The minimum absolute atomic E-state index is 0.0486. The lowest BCUT2D eigenvalue weighted by atomic mass is 9.80. The van der Waals surface area contributed by atoms with Gasteiger partial charge in [-0.25, -0.2) is 24.0 Å². The highest BCUT2D eigenvalue weighted by molar-refractivity contribution is 9.10. The van der Waals surface area contributed by atoms with E-state index in [1.54, 1.807) is 0 Å². The van der Waals surface area contributed by atoms with E-state index in [-0.39, 0.29) is 16.3 Å². The molecular formula is C10H15BrN4O2S. The molecule has 0 saturated heterocycles. The first-order chi connectivity index (χ1) is 8.36. The van der Waals surface area contributed by atoms with Gasteiger partial charge in [0.25, 0.3) is 0 Å². The highest BCUT2D eigenvalue weighted by Gasteiger charge is 2.37. The number of nitrogen functional groups attached to an aromatic ring is 1. The van der Waals surface area contributed by atoms with Crippen LogP contribution in [0, 0.1) is 0 Å². The number of aromatic nitrogens is 1. The lowest BCUT2D eigenvalue weighted by molar-refractivity contribution is 0.248. The van der Waals surface area contributed by atoms with E-state index in [1.165, 1.54) is 12.3 Å². The maximum Gasteiger partial charge on any atom is 0.244 e. The predicted octanol–water partition coefficient (Wildman–Crippen LogP) is 1.35. The van der Waals surface area contributed by atoms with Gasteiger partial charge in [0.05, 0.1) is 0 Å². The van der Waals surface area contributed by atoms with Crippen LogP contribution in [0.2, 0.25) is 0 Å². The first-order valence-electron chi connectivity index (χ1n) is 5.52. The zero-order chi connectivity index (χ0) is 13.4. The lowest BCUT2D eigenvalue weighted by Gasteiger charge is -2.38. The number of nitrogens with zero attached hydrogens (tertiary/aromatic N) is 1. The number of pyridine rings is 1. The molecule has 6 nitrogen and oxygen atoms in total. The first kappa shape index (κ1) is 13.7.